The topological polar surface area (TPSA) is 81.0 Å². The number of nitro benzene ring substituents is 1. The maximum absolute atomic E-state index is 11.1. The number of nitro groups is 1. The lowest BCUT2D eigenvalue weighted by Crippen LogP contribution is -2.05. The molecule has 7 heteroatoms. The lowest BCUT2D eigenvalue weighted by molar-refractivity contribution is -0.385. The van der Waals surface area contributed by atoms with Crippen molar-refractivity contribution in [1.29, 1.82) is 0 Å². The van der Waals surface area contributed by atoms with Gasteiger partial charge in [0.15, 0.2) is 0 Å². The molecule has 0 aliphatic carbocycles. The van der Waals surface area contributed by atoms with Gasteiger partial charge in [-0.05, 0) is 24.6 Å². The molecule has 0 aliphatic heterocycles. The molecule has 0 fully saturated rings. The zero-order chi connectivity index (χ0) is 16.2. The van der Waals surface area contributed by atoms with Gasteiger partial charge in [-0.3, -0.25) is 15.1 Å². The standard InChI is InChI=1S/C16H14N4O2S/c1-11-3-2-4-14(20(21)22)13(11)9-18-15-10-23-16(19-15)12-5-7-17-8-6-12/h2-8,10,18H,9H2,1H3. The fourth-order valence-corrected chi connectivity index (χ4v) is 3.03. The molecule has 2 heterocycles. The van der Waals surface area contributed by atoms with Crippen LogP contribution in [0.2, 0.25) is 0 Å². The summed E-state index contributed by atoms with van der Waals surface area (Å²) in [6.45, 7) is 2.23. The first kappa shape index (κ1) is 15.1. The van der Waals surface area contributed by atoms with Crippen molar-refractivity contribution in [2.75, 3.05) is 5.32 Å². The average Bonchev–Trinajstić information content (AvgIpc) is 3.03. The van der Waals surface area contributed by atoms with Gasteiger partial charge >= 0.3 is 0 Å². The van der Waals surface area contributed by atoms with Crippen molar-refractivity contribution in [1.82, 2.24) is 9.97 Å². The predicted octanol–water partition coefficient (Wildman–Crippen LogP) is 4.03. The molecule has 116 valence electrons. The van der Waals surface area contributed by atoms with Gasteiger partial charge in [0, 0.05) is 35.9 Å². The smallest absolute Gasteiger partial charge is 0.274 e. The second-order valence-corrected chi connectivity index (χ2v) is 5.82. The van der Waals surface area contributed by atoms with Crippen LogP contribution < -0.4 is 5.32 Å². The maximum atomic E-state index is 11.1. The minimum Gasteiger partial charge on any atom is -0.365 e. The van der Waals surface area contributed by atoms with Gasteiger partial charge in [0.05, 0.1) is 10.5 Å². The molecule has 3 aromatic rings. The molecule has 2 aromatic heterocycles. The van der Waals surface area contributed by atoms with Crippen molar-refractivity contribution in [2.24, 2.45) is 0 Å². The van der Waals surface area contributed by atoms with Crippen LogP contribution in [0.15, 0.2) is 48.1 Å². The summed E-state index contributed by atoms with van der Waals surface area (Å²) in [6, 6.07) is 8.88. The Bertz CT molecular complexity index is 833. The lowest BCUT2D eigenvalue weighted by Gasteiger charge is -2.07. The molecule has 0 amide bonds. The van der Waals surface area contributed by atoms with Gasteiger partial charge in [0.1, 0.15) is 10.8 Å². The van der Waals surface area contributed by atoms with Gasteiger partial charge in [0.2, 0.25) is 0 Å². The van der Waals surface area contributed by atoms with Crippen LogP contribution in [0.5, 0.6) is 0 Å². The van der Waals surface area contributed by atoms with Crippen LogP contribution in [0.25, 0.3) is 10.6 Å². The number of anilines is 1. The Kier molecular flexibility index (Phi) is 4.29. The highest BCUT2D eigenvalue weighted by Crippen LogP contribution is 2.27. The van der Waals surface area contributed by atoms with Gasteiger partial charge in [-0.15, -0.1) is 11.3 Å². The number of aryl methyl sites for hydroxylation is 1. The highest BCUT2D eigenvalue weighted by atomic mass is 32.1. The zero-order valence-corrected chi connectivity index (χ0v) is 13.2. The van der Waals surface area contributed by atoms with E-state index in [4.69, 9.17) is 0 Å². The number of thiazole rings is 1. The van der Waals surface area contributed by atoms with Crippen LogP contribution in [0.1, 0.15) is 11.1 Å². The monoisotopic (exact) mass is 326 g/mol. The van der Waals surface area contributed by atoms with Crippen molar-refractivity contribution >= 4 is 22.8 Å². The Morgan fingerprint density at radius 3 is 2.78 bits per heavy atom. The summed E-state index contributed by atoms with van der Waals surface area (Å²) in [6.07, 6.45) is 3.45. The summed E-state index contributed by atoms with van der Waals surface area (Å²) >= 11 is 1.52. The first-order chi connectivity index (χ1) is 11.1. The van der Waals surface area contributed by atoms with E-state index in [0.29, 0.717) is 17.9 Å². The molecular weight excluding hydrogens is 312 g/mol. The second-order valence-electron chi connectivity index (χ2n) is 4.96. The molecular formula is C16H14N4O2S. The number of hydrogen-bond donors (Lipinski definition) is 1. The largest absolute Gasteiger partial charge is 0.365 e. The van der Waals surface area contributed by atoms with E-state index in [1.165, 1.54) is 17.4 Å². The van der Waals surface area contributed by atoms with Gasteiger partial charge in [-0.25, -0.2) is 4.98 Å². The highest BCUT2D eigenvalue weighted by Gasteiger charge is 2.15. The molecule has 0 atom stereocenters. The van der Waals surface area contributed by atoms with Crippen LogP contribution in [0.3, 0.4) is 0 Å². The summed E-state index contributed by atoms with van der Waals surface area (Å²) in [5.74, 6) is 0.708. The molecule has 0 radical (unpaired) electrons. The molecule has 0 aliphatic rings. The third kappa shape index (κ3) is 3.35. The van der Waals surface area contributed by atoms with E-state index in [1.54, 1.807) is 18.5 Å². The number of benzene rings is 1. The molecule has 0 saturated heterocycles. The molecule has 3 rings (SSSR count). The summed E-state index contributed by atoms with van der Waals surface area (Å²) in [5.41, 5.74) is 2.69. The Balaban J connectivity index is 1.78. The van der Waals surface area contributed by atoms with E-state index >= 15 is 0 Å². The Morgan fingerprint density at radius 1 is 1.26 bits per heavy atom. The Morgan fingerprint density at radius 2 is 2.04 bits per heavy atom. The normalized spacial score (nSPS) is 10.5. The van der Waals surface area contributed by atoms with Crippen molar-refractivity contribution in [2.45, 2.75) is 13.5 Å². The number of hydrogen-bond acceptors (Lipinski definition) is 6. The third-order valence-electron chi connectivity index (χ3n) is 3.46. The molecule has 23 heavy (non-hydrogen) atoms. The molecule has 0 saturated carbocycles. The summed E-state index contributed by atoms with van der Waals surface area (Å²) in [5, 5.41) is 17.1. The number of rotatable bonds is 5. The first-order valence-electron chi connectivity index (χ1n) is 6.98. The maximum Gasteiger partial charge on any atom is 0.274 e. The molecule has 1 aromatic carbocycles. The minimum atomic E-state index is -0.354. The van der Waals surface area contributed by atoms with Crippen LogP contribution in [0, 0.1) is 17.0 Å². The van der Waals surface area contributed by atoms with Crippen LogP contribution >= 0.6 is 11.3 Å². The summed E-state index contributed by atoms with van der Waals surface area (Å²) in [7, 11) is 0. The minimum absolute atomic E-state index is 0.127. The van der Waals surface area contributed by atoms with E-state index in [9.17, 15) is 10.1 Å². The van der Waals surface area contributed by atoms with E-state index in [0.717, 1.165) is 16.1 Å². The quantitative estimate of drug-likeness (QED) is 0.565. The average molecular weight is 326 g/mol. The van der Waals surface area contributed by atoms with E-state index in [2.05, 4.69) is 15.3 Å². The Labute approximate surface area is 137 Å². The number of nitrogens with zero attached hydrogens (tertiary/aromatic N) is 3. The van der Waals surface area contributed by atoms with Gasteiger partial charge in [-0.2, -0.15) is 0 Å². The highest BCUT2D eigenvalue weighted by molar-refractivity contribution is 7.13. The van der Waals surface area contributed by atoms with Crippen molar-refractivity contribution in [3.63, 3.8) is 0 Å². The first-order valence-corrected chi connectivity index (χ1v) is 7.86. The van der Waals surface area contributed by atoms with Gasteiger partial charge in [0.25, 0.3) is 5.69 Å². The van der Waals surface area contributed by atoms with Crippen LogP contribution in [-0.4, -0.2) is 14.9 Å². The van der Waals surface area contributed by atoms with Crippen molar-refractivity contribution in [3.05, 3.63) is 69.3 Å². The number of nitrogens with one attached hydrogen (secondary N) is 1. The van der Waals surface area contributed by atoms with Crippen molar-refractivity contribution < 1.29 is 4.92 Å². The number of aromatic nitrogens is 2. The lowest BCUT2D eigenvalue weighted by atomic mass is 10.1. The van der Waals surface area contributed by atoms with Crippen molar-refractivity contribution in [3.8, 4) is 10.6 Å². The molecule has 0 bridgehead atoms. The summed E-state index contributed by atoms with van der Waals surface area (Å²) in [4.78, 5) is 19.3. The molecule has 6 nitrogen and oxygen atoms in total. The fraction of sp³-hybridized carbons (Fsp3) is 0.125. The SMILES string of the molecule is Cc1cccc([N+](=O)[O-])c1CNc1csc(-c2ccncc2)n1. The van der Waals surface area contributed by atoms with E-state index < -0.39 is 0 Å². The predicted molar refractivity (Wildman–Crippen MR) is 90.5 cm³/mol. The molecule has 0 unspecified atom stereocenters. The van der Waals surface area contributed by atoms with Crippen LogP contribution in [0.4, 0.5) is 11.5 Å². The van der Waals surface area contributed by atoms with E-state index in [-0.39, 0.29) is 10.6 Å². The number of pyridine rings is 1. The van der Waals surface area contributed by atoms with Gasteiger partial charge < -0.3 is 5.32 Å². The molecule has 0 spiro atoms. The summed E-state index contributed by atoms with van der Waals surface area (Å²) < 4.78 is 0. The zero-order valence-electron chi connectivity index (χ0n) is 12.4. The second kappa shape index (κ2) is 6.53. The van der Waals surface area contributed by atoms with Crippen LogP contribution in [-0.2, 0) is 6.54 Å². The van der Waals surface area contributed by atoms with Gasteiger partial charge in [-0.1, -0.05) is 12.1 Å². The molecule has 1 N–H and O–H groups in total. The third-order valence-corrected chi connectivity index (χ3v) is 4.35. The van der Waals surface area contributed by atoms with E-state index in [1.807, 2.05) is 30.5 Å². The Hall–Kier alpha value is -2.80. The fourth-order valence-electron chi connectivity index (χ4n) is 2.25.